The summed E-state index contributed by atoms with van der Waals surface area (Å²) in [6.45, 7) is 2.18. The lowest BCUT2D eigenvalue weighted by molar-refractivity contribution is 0.917. The predicted molar refractivity (Wildman–Crippen MR) is 86.3 cm³/mol. The maximum atomic E-state index is 4.48. The lowest BCUT2D eigenvalue weighted by atomic mass is 10.2. The predicted octanol–water partition coefficient (Wildman–Crippen LogP) is 4.75. The lowest BCUT2D eigenvalue weighted by Gasteiger charge is -1.98. The monoisotopic (exact) mass is 279 g/mol. The number of aryl methyl sites for hydroxylation is 1. The molecule has 0 aliphatic carbocycles. The summed E-state index contributed by atoms with van der Waals surface area (Å²) in [4.78, 5) is 4.48. The zero-order valence-electron chi connectivity index (χ0n) is 11.3. The normalized spacial score (nSPS) is 12.3. The molecule has 0 aliphatic heterocycles. The zero-order chi connectivity index (χ0) is 13.5. The van der Waals surface area contributed by atoms with Gasteiger partial charge in [0.05, 0.1) is 17.4 Å². The molecule has 1 unspecified atom stereocenters. The molecule has 0 radical (unpaired) electrons. The Morgan fingerprint density at radius 1 is 1.05 bits per heavy atom. The van der Waals surface area contributed by atoms with E-state index >= 15 is 0 Å². The number of imidazole rings is 1. The van der Waals surface area contributed by atoms with Crippen molar-refractivity contribution in [3.63, 3.8) is 0 Å². The van der Waals surface area contributed by atoms with Crippen LogP contribution in [0.1, 0.15) is 5.56 Å². The Bertz CT molecular complexity index is 902. The summed E-state index contributed by atoms with van der Waals surface area (Å²) in [6.07, 6.45) is 1.96. The second-order valence-corrected chi connectivity index (χ2v) is 6.88. The van der Waals surface area contributed by atoms with E-state index in [1.165, 1.54) is 21.2 Å². The van der Waals surface area contributed by atoms with E-state index in [0.717, 1.165) is 11.4 Å². The van der Waals surface area contributed by atoms with Gasteiger partial charge in [-0.25, -0.2) is 4.98 Å². The summed E-state index contributed by atoms with van der Waals surface area (Å²) in [7, 11) is 0.144. The first-order chi connectivity index (χ1) is 9.83. The minimum atomic E-state index is 0.144. The average Bonchev–Trinajstić information content (AvgIpc) is 3.06. The van der Waals surface area contributed by atoms with Gasteiger partial charge in [0, 0.05) is 21.9 Å². The van der Waals surface area contributed by atoms with Gasteiger partial charge in [0.15, 0.2) is 4.70 Å². The number of hydrogen-bond acceptors (Lipinski definition) is 1. The van der Waals surface area contributed by atoms with E-state index in [-0.39, 0.29) is 10.5 Å². The number of para-hydroxylation sites is 2. The van der Waals surface area contributed by atoms with Gasteiger partial charge in [0.25, 0.3) is 0 Å². The third kappa shape index (κ3) is 1.74. The average molecular weight is 279 g/mol. The molecule has 2 heterocycles. The van der Waals surface area contributed by atoms with E-state index in [9.17, 15) is 0 Å². The number of nitrogens with zero attached hydrogens (tertiary/aromatic N) is 2. The summed E-state index contributed by atoms with van der Waals surface area (Å²) in [6, 6.07) is 17.2. The minimum Gasteiger partial charge on any atom is -0.283 e. The molecule has 2 nitrogen and oxygen atoms in total. The first-order valence-electron chi connectivity index (χ1n) is 6.70. The van der Waals surface area contributed by atoms with Crippen LogP contribution in [-0.2, 0) is 5.88 Å². The fraction of sp³-hybridized carbons (Fsp3) is 0.118. The molecule has 0 saturated carbocycles. The summed E-state index contributed by atoms with van der Waals surface area (Å²) in [5, 5.41) is 3.74. The van der Waals surface area contributed by atoms with Crippen molar-refractivity contribution in [2.45, 2.75) is 12.8 Å². The van der Waals surface area contributed by atoms with Gasteiger partial charge in [-0.05, 0) is 30.7 Å². The van der Waals surface area contributed by atoms with Crippen LogP contribution in [0.15, 0.2) is 60.2 Å². The van der Waals surface area contributed by atoms with Gasteiger partial charge >= 0.3 is 0 Å². The van der Waals surface area contributed by atoms with E-state index in [4.69, 9.17) is 0 Å². The topological polar surface area (TPSA) is 17.8 Å². The Hall–Kier alpha value is -2.13. The van der Waals surface area contributed by atoms with Crippen LogP contribution in [0.25, 0.3) is 21.1 Å². The van der Waals surface area contributed by atoms with Crippen molar-refractivity contribution < 1.29 is 0 Å². The highest BCUT2D eigenvalue weighted by Gasteiger charge is 2.15. The number of rotatable bonds is 2. The molecule has 0 aliphatic rings. The van der Waals surface area contributed by atoms with Crippen LogP contribution < -0.4 is 0 Å². The summed E-state index contributed by atoms with van der Waals surface area (Å²) >= 11 is 0. The summed E-state index contributed by atoms with van der Waals surface area (Å²) in [5.74, 6) is 0.980. The lowest BCUT2D eigenvalue weighted by Crippen LogP contribution is -1.91. The summed E-state index contributed by atoms with van der Waals surface area (Å²) < 4.78 is 3.73. The molecule has 0 amide bonds. The van der Waals surface area contributed by atoms with Crippen molar-refractivity contribution in [1.29, 1.82) is 0 Å². The first-order valence-corrected chi connectivity index (χ1v) is 8.16. The molecule has 0 saturated heterocycles. The molecule has 2 aromatic carbocycles. The van der Waals surface area contributed by atoms with Crippen LogP contribution in [0.3, 0.4) is 0 Å². The smallest absolute Gasteiger partial charge is 0.206 e. The second kappa shape index (κ2) is 4.46. The van der Waals surface area contributed by atoms with E-state index < -0.39 is 0 Å². The van der Waals surface area contributed by atoms with Crippen molar-refractivity contribution in [3.8, 4) is 0 Å². The molecule has 2 aromatic heterocycles. The van der Waals surface area contributed by atoms with Crippen molar-refractivity contribution in [1.82, 2.24) is 9.55 Å². The molecule has 0 bridgehead atoms. The molecule has 1 atom stereocenters. The van der Waals surface area contributed by atoms with Gasteiger partial charge in [0.1, 0.15) is 5.38 Å². The van der Waals surface area contributed by atoms with Gasteiger partial charge < -0.3 is 0 Å². The van der Waals surface area contributed by atoms with Gasteiger partial charge in [0.2, 0.25) is 5.88 Å². The molecule has 20 heavy (non-hydrogen) atoms. The van der Waals surface area contributed by atoms with E-state index in [0.29, 0.717) is 0 Å². The Kier molecular flexibility index (Phi) is 2.60. The van der Waals surface area contributed by atoms with Gasteiger partial charge in [-0.3, -0.25) is 4.57 Å². The molecule has 0 fully saturated rings. The standard InChI is InChI=1S/C17H15N2S/c1-13-5-4-8-17-14(13)9-10-20(17)12-19-11-18-15-6-2-3-7-16(15)19/h2-11H,12H2,1H3/q+1. The molecule has 4 aromatic rings. The van der Waals surface area contributed by atoms with Crippen LogP contribution in [-0.4, -0.2) is 9.55 Å². The number of hydrogen-bond donors (Lipinski definition) is 0. The fourth-order valence-corrected chi connectivity index (χ4v) is 4.64. The molecule has 3 heteroatoms. The number of thiophene rings is 1. The van der Waals surface area contributed by atoms with Crippen LogP contribution in [0.5, 0.6) is 0 Å². The van der Waals surface area contributed by atoms with Gasteiger partial charge in [-0.15, -0.1) is 0 Å². The van der Waals surface area contributed by atoms with Crippen LogP contribution in [0.4, 0.5) is 0 Å². The van der Waals surface area contributed by atoms with Crippen LogP contribution in [0, 0.1) is 6.92 Å². The maximum Gasteiger partial charge on any atom is 0.206 e. The largest absolute Gasteiger partial charge is 0.283 e. The third-order valence-electron chi connectivity index (χ3n) is 3.77. The highest BCUT2D eigenvalue weighted by Crippen LogP contribution is 2.35. The minimum absolute atomic E-state index is 0.144. The molecule has 98 valence electrons. The first kappa shape index (κ1) is 11.7. The Morgan fingerprint density at radius 2 is 1.95 bits per heavy atom. The summed E-state index contributed by atoms with van der Waals surface area (Å²) in [5.41, 5.74) is 3.66. The highest BCUT2D eigenvalue weighted by atomic mass is 32.2. The van der Waals surface area contributed by atoms with Crippen molar-refractivity contribution in [2.24, 2.45) is 0 Å². The van der Waals surface area contributed by atoms with E-state index in [1.54, 1.807) is 0 Å². The van der Waals surface area contributed by atoms with Gasteiger partial charge in [-0.1, -0.05) is 24.3 Å². The second-order valence-electron chi connectivity index (χ2n) is 5.05. The molecule has 4 rings (SSSR count). The third-order valence-corrected chi connectivity index (χ3v) is 5.71. The number of fused-ring (bicyclic) bond motifs is 2. The van der Waals surface area contributed by atoms with E-state index in [2.05, 4.69) is 64.3 Å². The highest BCUT2D eigenvalue weighted by molar-refractivity contribution is 7.35. The Labute approximate surface area is 120 Å². The molecular formula is C17H15N2S+. The molecule has 0 N–H and O–H groups in total. The molecule has 0 spiro atoms. The van der Waals surface area contributed by atoms with Gasteiger partial charge in [-0.2, -0.15) is 0 Å². The van der Waals surface area contributed by atoms with Crippen molar-refractivity contribution in [3.05, 3.63) is 65.8 Å². The Morgan fingerprint density at radius 3 is 2.90 bits per heavy atom. The Balaban J connectivity index is 1.83. The quantitative estimate of drug-likeness (QED) is 0.484. The SMILES string of the molecule is Cc1cccc2c1cc[s+]2Cn1cnc2ccccc21. The molecular weight excluding hydrogens is 264 g/mol. The van der Waals surface area contributed by atoms with Crippen LogP contribution in [0.2, 0.25) is 0 Å². The van der Waals surface area contributed by atoms with Crippen LogP contribution >= 0.6 is 10.5 Å². The fourth-order valence-electron chi connectivity index (χ4n) is 2.70. The number of benzene rings is 2. The van der Waals surface area contributed by atoms with E-state index in [1.807, 2.05) is 12.4 Å². The zero-order valence-corrected chi connectivity index (χ0v) is 12.1. The van der Waals surface area contributed by atoms with Crippen molar-refractivity contribution in [2.75, 3.05) is 0 Å². The number of aromatic nitrogens is 2. The van der Waals surface area contributed by atoms with Crippen molar-refractivity contribution >= 4 is 31.6 Å². The maximum absolute atomic E-state index is 4.48.